The van der Waals surface area contributed by atoms with E-state index in [4.69, 9.17) is 4.74 Å². The first-order valence-electron chi connectivity index (χ1n) is 13.8. The van der Waals surface area contributed by atoms with Gasteiger partial charge >= 0.3 is 5.97 Å². The Bertz CT molecular complexity index is 1160. The Morgan fingerprint density at radius 3 is 2.18 bits per heavy atom. The first kappa shape index (κ1) is 27.2. The molecule has 0 saturated carbocycles. The van der Waals surface area contributed by atoms with Gasteiger partial charge in [-0.2, -0.15) is 0 Å². The molecule has 0 radical (unpaired) electrons. The van der Waals surface area contributed by atoms with E-state index in [-0.39, 0.29) is 24.6 Å². The van der Waals surface area contributed by atoms with Gasteiger partial charge in [-0.1, -0.05) is 112 Å². The summed E-state index contributed by atoms with van der Waals surface area (Å²) in [5.74, 6) is -0.456. The third kappa shape index (κ3) is 7.34. The predicted octanol–water partition coefficient (Wildman–Crippen LogP) is 7.19. The second-order valence-electron chi connectivity index (χ2n) is 9.81. The van der Waals surface area contributed by atoms with Crippen molar-refractivity contribution < 1.29 is 14.3 Å². The molecule has 5 nitrogen and oxygen atoms in total. The van der Waals surface area contributed by atoms with Crippen LogP contribution in [-0.4, -0.2) is 35.5 Å². The zero-order valence-electron chi connectivity index (χ0n) is 22.2. The van der Waals surface area contributed by atoms with Crippen molar-refractivity contribution >= 4 is 17.6 Å². The molecule has 1 N–H and O–H groups in total. The molecule has 3 aromatic carbocycles. The van der Waals surface area contributed by atoms with E-state index in [9.17, 15) is 9.59 Å². The van der Waals surface area contributed by atoms with E-state index in [1.807, 2.05) is 77.7 Å². The Labute approximate surface area is 226 Å². The number of nitrogens with one attached hydrogen (secondary N) is 1. The number of anilines is 1. The second-order valence-corrected chi connectivity index (χ2v) is 9.81. The van der Waals surface area contributed by atoms with Crippen LogP contribution in [0.25, 0.3) is 0 Å². The van der Waals surface area contributed by atoms with Crippen LogP contribution in [0.3, 0.4) is 0 Å². The third-order valence-electron chi connectivity index (χ3n) is 7.07. The number of benzene rings is 3. The minimum Gasteiger partial charge on any atom is -0.460 e. The molecule has 1 heterocycles. The molecule has 1 aliphatic heterocycles. The number of carbonyl (C=O) groups is 2. The Hall–Kier alpha value is -3.86. The van der Waals surface area contributed by atoms with Crippen molar-refractivity contribution in [3.8, 4) is 0 Å². The number of hydrogen-bond acceptors (Lipinski definition) is 4. The summed E-state index contributed by atoms with van der Waals surface area (Å²) in [6, 6.07) is 28.4. The van der Waals surface area contributed by atoms with Gasteiger partial charge in [0.25, 0.3) is 0 Å². The van der Waals surface area contributed by atoms with Gasteiger partial charge in [0.1, 0.15) is 6.61 Å². The van der Waals surface area contributed by atoms with Gasteiger partial charge in [-0.3, -0.25) is 4.79 Å². The average molecular weight is 511 g/mol. The third-order valence-corrected chi connectivity index (χ3v) is 7.07. The average Bonchev–Trinajstić information content (AvgIpc) is 3.34. The molecule has 198 valence electrons. The Morgan fingerprint density at radius 2 is 1.50 bits per heavy atom. The molecule has 0 fully saturated rings. The van der Waals surface area contributed by atoms with Crippen molar-refractivity contribution in [2.45, 2.75) is 63.6 Å². The highest BCUT2D eigenvalue weighted by atomic mass is 16.5. The minimum absolute atomic E-state index is 0.0257. The molecule has 3 aromatic rings. The molecule has 38 heavy (non-hydrogen) atoms. The number of hydrogen-bond donors (Lipinski definition) is 1. The summed E-state index contributed by atoms with van der Waals surface area (Å²) in [6.45, 7) is 2.30. The van der Waals surface area contributed by atoms with Gasteiger partial charge in [0.2, 0.25) is 5.91 Å². The number of rotatable bonds is 14. The molecule has 3 atom stereocenters. The molecule has 0 bridgehead atoms. The Kier molecular flexibility index (Phi) is 10.1. The van der Waals surface area contributed by atoms with E-state index in [2.05, 4.69) is 24.4 Å². The van der Waals surface area contributed by atoms with Crippen molar-refractivity contribution in [2.24, 2.45) is 0 Å². The van der Waals surface area contributed by atoms with Crippen molar-refractivity contribution in [1.82, 2.24) is 4.90 Å². The highest BCUT2D eigenvalue weighted by Gasteiger charge is 2.38. The zero-order valence-corrected chi connectivity index (χ0v) is 22.2. The summed E-state index contributed by atoms with van der Waals surface area (Å²) in [5, 5.41) is 3.71. The number of carbonyl (C=O) groups excluding carboxylic acids is 2. The van der Waals surface area contributed by atoms with Gasteiger partial charge in [-0.15, -0.1) is 0 Å². The Balaban J connectivity index is 1.57. The Morgan fingerprint density at radius 1 is 0.868 bits per heavy atom. The van der Waals surface area contributed by atoms with E-state index in [0.29, 0.717) is 5.56 Å². The number of para-hydroxylation sites is 1. The van der Waals surface area contributed by atoms with Crippen LogP contribution in [0.1, 0.15) is 67.4 Å². The van der Waals surface area contributed by atoms with Crippen LogP contribution >= 0.6 is 0 Å². The molecular formula is C33H38N2O3. The van der Waals surface area contributed by atoms with E-state index in [0.717, 1.165) is 24.1 Å². The number of amides is 1. The monoisotopic (exact) mass is 510 g/mol. The highest BCUT2D eigenvalue weighted by Crippen LogP contribution is 2.32. The molecule has 0 unspecified atom stereocenters. The van der Waals surface area contributed by atoms with E-state index in [1.165, 1.54) is 25.7 Å². The largest absolute Gasteiger partial charge is 0.460 e. The molecular weight excluding hydrogens is 472 g/mol. The van der Waals surface area contributed by atoms with Crippen LogP contribution in [0.2, 0.25) is 0 Å². The van der Waals surface area contributed by atoms with Gasteiger partial charge in [0.15, 0.2) is 0 Å². The van der Waals surface area contributed by atoms with Gasteiger partial charge in [-0.25, -0.2) is 4.79 Å². The summed E-state index contributed by atoms with van der Waals surface area (Å²) in [4.78, 5) is 28.1. The highest BCUT2D eigenvalue weighted by molar-refractivity contribution is 5.91. The number of esters is 1. The fourth-order valence-corrected chi connectivity index (χ4v) is 5.07. The maximum absolute atomic E-state index is 13.4. The molecule has 0 aromatic heterocycles. The summed E-state index contributed by atoms with van der Waals surface area (Å²) in [7, 11) is 0. The van der Waals surface area contributed by atoms with Crippen LogP contribution in [0.5, 0.6) is 0 Å². The van der Waals surface area contributed by atoms with Crippen molar-refractivity contribution in [3.63, 3.8) is 0 Å². The molecule has 1 aliphatic rings. The van der Waals surface area contributed by atoms with Crippen LogP contribution < -0.4 is 5.32 Å². The maximum atomic E-state index is 13.4. The number of nitrogens with zero attached hydrogens (tertiary/aromatic N) is 1. The molecule has 0 aliphatic carbocycles. The van der Waals surface area contributed by atoms with Crippen LogP contribution in [-0.2, 0) is 9.53 Å². The predicted molar refractivity (Wildman–Crippen MR) is 153 cm³/mol. The minimum atomic E-state index is -0.406. The van der Waals surface area contributed by atoms with Gasteiger partial charge < -0.3 is 15.0 Å². The smallest absolute Gasteiger partial charge is 0.338 e. The lowest BCUT2D eigenvalue weighted by atomic mass is 9.97. The first-order valence-corrected chi connectivity index (χ1v) is 13.8. The first-order chi connectivity index (χ1) is 18.7. The van der Waals surface area contributed by atoms with Crippen LogP contribution in [0.15, 0.2) is 103 Å². The molecule has 4 rings (SSSR count). The van der Waals surface area contributed by atoms with Crippen molar-refractivity contribution in [1.29, 1.82) is 0 Å². The SMILES string of the molecule is CCCCCCC[C@@H](Nc1ccccc1)[C@H]1C=CC(=O)N1[C@@H](COC(=O)c1ccccc1)c1ccccc1. The topological polar surface area (TPSA) is 58.6 Å². The molecule has 0 spiro atoms. The van der Waals surface area contributed by atoms with E-state index < -0.39 is 12.0 Å². The lowest BCUT2D eigenvalue weighted by molar-refractivity contribution is -0.130. The normalized spacial score (nSPS) is 16.3. The fraction of sp³-hybridized carbons (Fsp3) is 0.333. The second kappa shape index (κ2) is 14.2. The van der Waals surface area contributed by atoms with Gasteiger partial charge in [-0.05, 0) is 36.2 Å². The zero-order chi connectivity index (χ0) is 26.6. The van der Waals surface area contributed by atoms with Crippen LogP contribution in [0.4, 0.5) is 5.69 Å². The summed E-state index contributed by atoms with van der Waals surface area (Å²) in [6.07, 6.45) is 10.5. The maximum Gasteiger partial charge on any atom is 0.338 e. The fourth-order valence-electron chi connectivity index (χ4n) is 5.07. The number of unbranched alkanes of at least 4 members (excludes halogenated alkanes) is 4. The summed E-state index contributed by atoms with van der Waals surface area (Å²) < 4.78 is 5.80. The molecule has 5 heteroatoms. The lowest BCUT2D eigenvalue weighted by Gasteiger charge is -2.38. The van der Waals surface area contributed by atoms with E-state index in [1.54, 1.807) is 18.2 Å². The lowest BCUT2D eigenvalue weighted by Crippen LogP contribution is -2.48. The molecule has 0 saturated heterocycles. The van der Waals surface area contributed by atoms with Crippen molar-refractivity contribution in [3.05, 3.63) is 114 Å². The summed E-state index contributed by atoms with van der Waals surface area (Å²) >= 11 is 0. The number of ether oxygens (including phenoxy) is 1. The van der Waals surface area contributed by atoms with Crippen molar-refractivity contribution in [2.75, 3.05) is 11.9 Å². The standard InChI is InChI=1S/C33H38N2O3/c1-2-3-4-5-15-22-29(34-28-20-13-8-14-21-28)30-23-24-32(36)35(30)31(26-16-9-6-10-17-26)25-38-33(37)27-18-11-7-12-19-27/h6-14,16-21,23-24,29-31,34H,2-5,15,22,25H2,1H3/t29-,30-,31+/m1/s1. The van der Waals surface area contributed by atoms with Crippen LogP contribution in [0, 0.1) is 0 Å². The molecule has 1 amide bonds. The quantitative estimate of drug-likeness (QED) is 0.184. The van der Waals surface area contributed by atoms with Gasteiger partial charge in [0.05, 0.1) is 23.7 Å². The van der Waals surface area contributed by atoms with E-state index >= 15 is 0 Å². The van der Waals surface area contributed by atoms with Gasteiger partial charge in [0, 0.05) is 11.8 Å². The summed E-state index contributed by atoms with van der Waals surface area (Å²) in [5.41, 5.74) is 2.47.